The number of carbonyl (C=O) groups is 11. The summed E-state index contributed by atoms with van der Waals surface area (Å²) in [6.07, 6.45) is -22.3. The highest BCUT2D eigenvalue weighted by molar-refractivity contribution is 6.22. The van der Waals surface area contributed by atoms with Crippen LogP contribution in [0.15, 0.2) is 78.9 Å². The maximum absolute atomic E-state index is 14.6. The van der Waals surface area contributed by atoms with Crippen LogP contribution in [-0.4, -0.2) is 200 Å². The number of nitrogens with zero attached hydrogens (tertiary/aromatic N) is 2. The zero-order valence-corrected chi connectivity index (χ0v) is 46.8. The van der Waals surface area contributed by atoms with Crippen LogP contribution in [0, 0.1) is 0 Å². The molecule has 3 aromatic rings. The monoisotopic (exact) mass is 1170 g/mol. The van der Waals surface area contributed by atoms with Crippen molar-refractivity contribution in [3.63, 3.8) is 0 Å². The summed E-state index contributed by atoms with van der Waals surface area (Å²) in [5, 5.41) is 0. The first-order valence-corrected chi connectivity index (χ1v) is 26.8. The van der Waals surface area contributed by atoms with E-state index in [9.17, 15) is 52.7 Å². The van der Waals surface area contributed by atoms with Gasteiger partial charge in [0.2, 0.25) is 0 Å². The van der Waals surface area contributed by atoms with Crippen molar-refractivity contribution in [2.24, 2.45) is 0 Å². The van der Waals surface area contributed by atoms with E-state index in [4.69, 9.17) is 66.3 Å². The molecule has 5 heterocycles. The molecule has 0 aliphatic carbocycles. The SMILES string of the molecule is CCO[C@H]1O[C@H](CO[C@@H]2O[C@H](COC(C)=O)[C@@H](OC(C)=O)[C@H](OC(C)=O)[C@@H]2N2C(=O)c3ccccc3C2=O)[C@H](OCC)[C@H](O[C@@H]2O[C@H](COC(C)=O)[C@@H](OC(C)=O)[C@H](OC(C)=O)[C@@H]2N2C(=O)c3ccccc3C2=O)[C@H]1OC(=O)c1ccccc1. The lowest BCUT2D eigenvalue weighted by atomic mass is 9.93. The van der Waals surface area contributed by atoms with E-state index < -0.39 is 177 Å². The molecule has 4 amide bonds. The minimum atomic E-state index is -2.04. The molecule has 3 fully saturated rings. The van der Waals surface area contributed by atoms with Gasteiger partial charge in [0.1, 0.15) is 55.8 Å². The molecule has 0 unspecified atom stereocenters. The highest BCUT2D eigenvalue weighted by atomic mass is 16.8. The van der Waals surface area contributed by atoms with Gasteiger partial charge in [0.25, 0.3) is 23.6 Å². The van der Waals surface area contributed by atoms with Crippen molar-refractivity contribution < 1.29 is 119 Å². The number of hydrogen-bond donors (Lipinski definition) is 0. The van der Waals surface area contributed by atoms with Crippen molar-refractivity contribution in [1.82, 2.24) is 9.80 Å². The van der Waals surface area contributed by atoms with Gasteiger partial charge in [-0.25, -0.2) is 4.79 Å². The topological polar surface area (TPSA) is 323 Å². The van der Waals surface area contributed by atoms with Gasteiger partial charge in [0.15, 0.2) is 49.4 Å². The maximum atomic E-state index is 14.6. The van der Waals surface area contributed by atoms with E-state index >= 15 is 0 Å². The molecule has 5 aliphatic rings. The average Bonchev–Trinajstić information content (AvgIpc) is 4.01. The van der Waals surface area contributed by atoms with Crippen LogP contribution in [0.1, 0.15) is 107 Å². The standard InChI is InChI=1S/C57H62N2O25/c1-9-71-43-38(26-75-55-41(58-50(66)34-20-14-15-21-35(34)51(58)67)46(78-31(7)64)44(76-29(5)62)39(80-55)24-73-27(3)60)82-57(72-10-2)49(83-54(70)33-18-12-11-13-19-33)48(43)84-56-42(59-52(68)36-22-16-17-23-37(36)53(59)69)47(79-32(8)65)45(77-30(6)63)40(81-56)25-74-28(4)61/h11-23,38-49,55-57H,9-10,24-26H2,1-8H3/t38-,39-,40-,41+,42+,43+,44-,45-,46-,47-,48+,49-,55-,56+,57+/m1/s1. The fourth-order valence-corrected chi connectivity index (χ4v) is 10.6. The summed E-state index contributed by atoms with van der Waals surface area (Å²) in [6, 6.07) is 15.6. The molecule has 3 aromatic carbocycles. The Morgan fingerprint density at radius 1 is 0.393 bits per heavy atom. The predicted octanol–water partition coefficient (Wildman–Crippen LogP) is 2.41. The quantitative estimate of drug-likeness (QED) is 0.0840. The molecule has 0 bridgehead atoms. The van der Waals surface area contributed by atoms with E-state index in [0.29, 0.717) is 4.90 Å². The predicted molar refractivity (Wildman–Crippen MR) is 276 cm³/mol. The number of amides is 4. The van der Waals surface area contributed by atoms with Gasteiger partial charge in [-0.1, -0.05) is 42.5 Å². The van der Waals surface area contributed by atoms with E-state index in [1.807, 2.05) is 0 Å². The highest BCUT2D eigenvalue weighted by Gasteiger charge is 2.62. The second-order valence-corrected chi connectivity index (χ2v) is 19.6. The first-order chi connectivity index (χ1) is 40.1. The van der Waals surface area contributed by atoms with Crippen molar-refractivity contribution in [1.29, 1.82) is 0 Å². The summed E-state index contributed by atoms with van der Waals surface area (Å²) in [5.41, 5.74) is -0.220. The van der Waals surface area contributed by atoms with E-state index in [0.717, 1.165) is 46.4 Å². The Morgan fingerprint density at radius 3 is 1.19 bits per heavy atom. The smallest absolute Gasteiger partial charge is 0.338 e. The third kappa shape index (κ3) is 13.5. The Labute approximate surface area is 480 Å². The first-order valence-electron chi connectivity index (χ1n) is 26.8. The van der Waals surface area contributed by atoms with Gasteiger partial charge in [-0.05, 0) is 50.2 Å². The lowest BCUT2D eigenvalue weighted by Crippen LogP contribution is -2.70. The molecule has 0 N–H and O–H groups in total. The van der Waals surface area contributed by atoms with Gasteiger partial charge in [0, 0.05) is 54.8 Å². The third-order valence-electron chi connectivity index (χ3n) is 13.8. The third-order valence-corrected chi connectivity index (χ3v) is 13.8. The summed E-state index contributed by atoms with van der Waals surface area (Å²) < 4.78 is 85.7. The van der Waals surface area contributed by atoms with Crippen molar-refractivity contribution in [2.75, 3.05) is 33.0 Å². The minimum Gasteiger partial charge on any atom is -0.463 e. The van der Waals surface area contributed by atoms with Crippen LogP contribution in [0.25, 0.3) is 0 Å². The Kier molecular flexibility index (Phi) is 20.0. The molecule has 27 nitrogen and oxygen atoms in total. The second kappa shape index (κ2) is 27.1. The molecule has 0 aromatic heterocycles. The van der Waals surface area contributed by atoms with Crippen LogP contribution in [-0.2, 0) is 95.1 Å². The number of benzene rings is 3. The minimum absolute atomic E-state index is 0.0367. The van der Waals surface area contributed by atoms with Crippen molar-refractivity contribution in [3.05, 3.63) is 107 Å². The molecule has 27 heteroatoms. The van der Waals surface area contributed by atoms with E-state index in [2.05, 4.69) is 0 Å². The normalized spacial score (nSPS) is 29.0. The van der Waals surface area contributed by atoms with Gasteiger partial charge in [-0.15, -0.1) is 0 Å². The summed E-state index contributed by atoms with van der Waals surface area (Å²) in [6.45, 7) is 6.99. The Balaban J connectivity index is 1.26. The molecule has 0 saturated carbocycles. The molecule has 84 heavy (non-hydrogen) atoms. The molecular weight excluding hydrogens is 1110 g/mol. The van der Waals surface area contributed by atoms with Crippen LogP contribution in [0.5, 0.6) is 0 Å². The molecule has 8 rings (SSSR count). The van der Waals surface area contributed by atoms with Crippen molar-refractivity contribution >= 4 is 65.4 Å². The average molecular weight is 1180 g/mol. The maximum Gasteiger partial charge on any atom is 0.338 e. The fourth-order valence-electron chi connectivity index (χ4n) is 10.6. The van der Waals surface area contributed by atoms with Crippen LogP contribution in [0.2, 0.25) is 0 Å². The number of hydrogen-bond acceptors (Lipinski definition) is 25. The summed E-state index contributed by atoms with van der Waals surface area (Å²) in [7, 11) is 0. The second-order valence-electron chi connectivity index (χ2n) is 19.6. The molecule has 450 valence electrons. The largest absolute Gasteiger partial charge is 0.463 e. The lowest BCUT2D eigenvalue weighted by Gasteiger charge is -2.51. The Morgan fingerprint density at radius 2 is 0.774 bits per heavy atom. The van der Waals surface area contributed by atoms with E-state index in [1.165, 1.54) is 60.7 Å². The molecule has 0 spiro atoms. The van der Waals surface area contributed by atoms with Gasteiger partial charge in [-0.2, -0.15) is 0 Å². The van der Waals surface area contributed by atoms with Crippen LogP contribution in [0.3, 0.4) is 0 Å². The number of carbonyl (C=O) groups excluding carboxylic acids is 11. The summed E-state index contributed by atoms with van der Waals surface area (Å²) >= 11 is 0. The van der Waals surface area contributed by atoms with Crippen LogP contribution >= 0.6 is 0 Å². The number of esters is 7. The number of ether oxygens (including phenoxy) is 14. The first kappa shape index (κ1) is 62.0. The van der Waals surface area contributed by atoms with E-state index in [1.54, 1.807) is 32.0 Å². The van der Waals surface area contributed by atoms with Gasteiger partial charge < -0.3 is 66.3 Å². The Hall–Kier alpha value is -8.05. The van der Waals surface area contributed by atoms with Crippen molar-refractivity contribution in [2.45, 2.75) is 147 Å². The Bertz CT molecular complexity index is 2940. The lowest BCUT2D eigenvalue weighted by molar-refractivity contribution is -0.360. The molecule has 3 saturated heterocycles. The van der Waals surface area contributed by atoms with Gasteiger partial charge in [0.05, 0.1) is 34.4 Å². The zero-order chi connectivity index (χ0) is 60.7. The van der Waals surface area contributed by atoms with Crippen LogP contribution in [0.4, 0.5) is 0 Å². The fraction of sp³-hybridized carbons (Fsp3) is 0.491. The zero-order valence-electron chi connectivity index (χ0n) is 46.8. The summed E-state index contributed by atoms with van der Waals surface area (Å²) in [4.78, 5) is 151. The van der Waals surface area contributed by atoms with Crippen LogP contribution < -0.4 is 0 Å². The number of rotatable bonds is 21. The molecular formula is C57H62N2O25. The van der Waals surface area contributed by atoms with E-state index in [-0.39, 0.29) is 41.0 Å². The number of fused-ring (bicyclic) bond motifs is 2. The summed E-state index contributed by atoms with van der Waals surface area (Å²) in [5.74, 6) is -10.1. The van der Waals surface area contributed by atoms with Gasteiger partial charge in [-0.3, -0.25) is 57.7 Å². The molecule has 5 aliphatic heterocycles. The number of imide groups is 2. The highest BCUT2D eigenvalue weighted by Crippen LogP contribution is 2.41. The van der Waals surface area contributed by atoms with Crippen molar-refractivity contribution in [3.8, 4) is 0 Å². The molecule has 15 atom stereocenters. The van der Waals surface area contributed by atoms with Gasteiger partial charge >= 0.3 is 41.8 Å². The molecule has 0 radical (unpaired) electrons.